The number of thiophene rings is 1. The molecule has 1 heterocycles. The van der Waals surface area contributed by atoms with E-state index in [-0.39, 0.29) is 6.10 Å². The third kappa shape index (κ3) is 3.03. The molecule has 1 aromatic heterocycles. The molecular formula is C14H18N2OS. The fourth-order valence-corrected chi connectivity index (χ4v) is 2.46. The zero-order valence-electron chi connectivity index (χ0n) is 10.7. The Balaban J connectivity index is 2.15. The number of hydrogen-bond acceptors (Lipinski definition) is 4. The van der Waals surface area contributed by atoms with Crippen LogP contribution in [0.5, 0.6) is 5.75 Å². The van der Waals surface area contributed by atoms with Crippen molar-refractivity contribution in [1.29, 1.82) is 0 Å². The van der Waals surface area contributed by atoms with Crippen LogP contribution in [-0.4, -0.2) is 20.6 Å². The van der Waals surface area contributed by atoms with Gasteiger partial charge >= 0.3 is 0 Å². The van der Waals surface area contributed by atoms with Crippen LogP contribution >= 0.6 is 11.3 Å². The van der Waals surface area contributed by atoms with Crippen molar-refractivity contribution in [3.05, 3.63) is 46.7 Å². The summed E-state index contributed by atoms with van der Waals surface area (Å²) in [6, 6.07) is 12.1. The van der Waals surface area contributed by atoms with Crippen molar-refractivity contribution in [2.24, 2.45) is 5.73 Å². The molecule has 96 valence electrons. The van der Waals surface area contributed by atoms with Gasteiger partial charge in [-0.1, -0.05) is 12.1 Å². The zero-order chi connectivity index (χ0) is 13.0. The van der Waals surface area contributed by atoms with E-state index < -0.39 is 0 Å². The smallest absolute Gasteiger partial charge is 0.145 e. The Morgan fingerprint density at radius 1 is 1.28 bits per heavy atom. The normalized spacial score (nSPS) is 12.2. The van der Waals surface area contributed by atoms with Crippen molar-refractivity contribution in [2.75, 3.05) is 25.5 Å². The van der Waals surface area contributed by atoms with Crippen molar-refractivity contribution in [3.63, 3.8) is 0 Å². The number of nitrogens with two attached hydrogens (primary N) is 1. The predicted octanol–water partition coefficient (Wildman–Crippen LogP) is 2.89. The fourth-order valence-electron chi connectivity index (χ4n) is 1.70. The quantitative estimate of drug-likeness (QED) is 0.900. The number of ether oxygens (including phenoxy) is 1. The molecule has 0 bridgehead atoms. The van der Waals surface area contributed by atoms with E-state index in [1.807, 2.05) is 43.7 Å². The Morgan fingerprint density at radius 3 is 2.72 bits per heavy atom. The predicted molar refractivity (Wildman–Crippen MR) is 77.5 cm³/mol. The van der Waals surface area contributed by atoms with Crippen LogP contribution in [0.25, 0.3) is 0 Å². The summed E-state index contributed by atoms with van der Waals surface area (Å²) < 4.78 is 5.96. The summed E-state index contributed by atoms with van der Waals surface area (Å²) in [7, 11) is 4.03. The van der Waals surface area contributed by atoms with Gasteiger partial charge in [0, 0.05) is 37.3 Å². The van der Waals surface area contributed by atoms with Crippen molar-refractivity contribution >= 4 is 17.0 Å². The lowest BCUT2D eigenvalue weighted by molar-refractivity contribution is 0.218. The number of hydrogen-bond donors (Lipinski definition) is 1. The Hall–Kier alpha value is -1.52. The Morgan fingerprint density at radius 2 is 2.11 bits per heavy atom. The summed E-state index contributed by atoms with van der Waals surface area (Å²) >= 11 is 1.67. The molecule has 0 aliphatic rings. The summed E-state index contributed by atoms with van der Waals surface area (Å²) in [4.78, 5) is 3.21. The van der Waals surface area contributed by atoms with Gasteiger partial charge in [-0.05, 0) is 23.6 Å². The average molecular weight is 262 g/mol. The SMILES string of the molecule is CN(C)c1cccc(OC(CN)c2cccs2)c1. The molecule has 0 radical (unpaired) electrons. The van der Waals surface area contributed by atoms with E-state index in [4.69, 9.17) is 10.5 Å². The van der Waals surface area contributed by atoms with E-state index >= 15 is 0 Å². The van der Waals surface area contributed by atoms with Gasteiger partial charge in [-0.15, -0.1) is 11.3 Å². The Labute approximate surface area is 112 Å². The summed E-state index contributed by atoms with van der Waals surface area (Å²) in [6.45, 7) is 0.479. The minimum Gasteiger partial charge on any atom is -0.483 e. The summed E-state index contributed by atoms with van der Waals surface area (Å²) in [5.74, 6) is 0.852. The van der Waals surface area contributed by atoms with Crippen molar-refractivity contribution < 1.29 is 4.74 Å². The molecule has 2 rings (SSSR count). The van der Waals surface area contributed by atoms with Gasteiger partial charge in [-0.2, -0.15) is 0 Å². The van der Waals surface area contributed by atoms with Crippen LogP contribution in [0.2, 0.25) is 0 Å². The molecule has 0 amide bonds. The zero-order valence-corrected chi connectivity index (χ0v) is 11.5. The first-order chi connectivity index (χ1) is 8.70. The number of anilines is 1. The Bertz CT molecular complexity index is 482. The second kappa shape index (κ2) is 5.89. The molecule has 2 aromatic rings. The molecule has 1 unspecified atom stereocenters. The maximum Gasteiger partial charge on any atom is 0.145 e. The van der Waals surface area contributed by atoms with Gasteiger partial charge in [0.1, 0.15) is 11.9 Å². The fraction of sp³-hybridized carbons (Fsp3) is 0.286. The molecule has 0 aliphatic carbocycles. The van der Waals surface area contributed by atoms with Crippen molar-refractivity contribution in [3.8, 4) is 5.75 Å². The molecule has 18 heavy (non-hydrogen) atoms. The lowest BCUT2D eigenvalue weighted by atomic mass is 10.2. The summed E-state index contributed by atoms with van der Waals surface area (Å²) in [5.41, 5.74) is 6.90. The molecule has 4 heteroatoms. The van der Waals surface area contributed by atoms with E-state index in [1.54, 1.807) is 11.3 Å². The maximum atomic E-state index is 5.96. The standard InChI is InChI=1S/C14H18N2OS/c1-16(2)11-5-3-6-12(9-11)17-13(10-15)14-7-4-8-18-14/h3-9,13H,10,15H2,1-2H3. The van der Waals surface area contributed by atoms with Crippen molar-refractivity contribution in [1.82, 2.24) is 0 Å². The number of benzene rings is 1. The van der Waals surface area contributed by atoms with Gasteiger partial charge in [0.25, 0.3) is 0 Å². The van der Waals surface area contributed by atoms with Crippen LogP contribution in [0, 0.1) is 0 Å². The molecule has 0 saturated carbocycles. The molecule has 0 aliphatic heterocycles. The van der Waals surface area contributed by atoms with E-state index in [0.717, 1.165) is 16.3 Å². The minimum absolute atomic E-state index is 0.0672. The molecule has 2 N–H and O–H groups in total. The topological polar surface area (TPSA) is 38.5 Å². The van der Waals surface area contributed by atoms with Gasteiger partial charge in [0.05, 0.1) is 0 Å². The monoisotopic (exact) mass is 262 g/mol. The van der Waals surface area contributed by atoms with Gasteiger partial charge in [-0.25, -0.2) is 0 Å². The van der Waals surface area contributed by atoms with E-state index in [0.29, 0.717) is 6.54 Å². The lowest BCUT2D eigenvalue weighted by Gasteiger charge is -2.18. The molecule has 0 spiro atoms. The lowest BCUT2D eigenvalue weighted by Crippen LogP contribution is -2.17. The molecule has 0 saturated heterocycles. The van der Waals surface area contributed by atoms with E-state index in [9.17, 15) is 0 Å². The highest BCUT2D eigenvalue weighted by molar-refractivity contribution is 7.10. The first kappa shape index (κ1) is 12.9. The number of rotatable bonds is 5. The van der Waals surface area contributed by atoms with Gasteiger partial charge < -0.3 is 15.4 Å². The van der Waals surface area contributed by atoms with Gasteiger partial charge in [0.15, 0.2) is 0 Å². The van der Waals surface area contributed by atoms with Gasteiger partial charge in [0.2, 0.25) is 0 Å². The van der Waals surface area contributed by atoms with Crippen LogP contribution in [-0.2, 0) is 0 Å². The summed E-state index contributed by atoms with van der Waals surface area (Å²) in [5, 5.41) is 2.04. The Kier molecular flexibility index (Phi) is 4.23. The third-order valence-corrected chi connectivity index (χ3v) is 3.65. The second-order valence-corrected chi connectivity index (χ2v) is 5.23. The van der Waals surface area contributed by atoms with Crippen LogP contribution in [0.4, 0.5) is 5.69 Å². The first-order valence-corrected chi connectivity index (χ1v) is 6.76. The molecule has 1 atom stereocenters. The molecule has 3 nitrogen and oxygen atoms in total. The average Bonchev–Trinajstić information content (AvgIpc) is 2.90. The van der Waals surface area contributed by atoms with E-state index in [2.05, 4.69) is 17.0 Å². The van der Waals surface area contributed by atoms with Gasteiger partial charge in [-0.3, -0.25) is 0 Å². The first-order valence-electron chi connectivity index (χ1n) is 5.88. The highest BCUT2D eigenvalue weighted by Gasteiger charge is 2.12. The number of nitrogens with zero attached hydrogens (tertiary/aromatic N) is 1. The largest absolute Gasteiger partial charge is 0.483 e. The highest BCUT2D eigenvalue weighted by atomic mass is 32.1. The molecular weight excluding hydrogens is 244 g/mol. The minimum atomic E-state index is -0.0672. The van der Waals surface area contributed by atoms with Crippen molar-refractivity contribution in [2.45, 2.75) is 6.10 Å². The van der Waals surface area contributed by atoms with E-state index in [1.165, 1.54) is 0 Å². The van der Waals surface area contributed by atoms with Crippen LogP contribution < -0.4 is 15.4 Å². The third-order valence-electron chi connectivity index (χ3n) is 2.69. The van der Waals surface area contributed by atoms with Crippen LogP contribution in [0.15, 0.2) is 41.8 Å². The second-order valence-electron chi connectivity index (χ2n) is 4.25. The molecule has 0 fully saturated rings. The van der Waals surface area contributed by atoms with Crippen LogP contribution in [0.3, 0.4) is 0 Å². The van der Waals surface area contributed by atoms with Crippen LogP contribution in [0.1, 0.15) is 11.0 Å². The maximum absolute atomic E-state index is 5.96. The highest BCUT2D eigenvalue weighted by Crippen LogP contribution is 2.27. The molecule has 1 aromatic carbocycles. The summed E-state index contributed by atoms with van der Waals surface area (Å²) in [6.07, 6.45) is -0.0672.